The fourth-order valence-corrected chi connectivity index (χ4v) is 2.39. The molecule has 0 spiro atoms. The Morgan fingerprint density at radius 2 is 1.71 bits per heavy atom. The van der Waals surface area contributed by atoms with Gasteiger partial charge in [-0.25, -0.2) is 15.0 Å². The van der Waals surface area contributed by atoms with Crippen LogP contribution in [-0.4, -0.2) is 15.0 Å². The fraction of sp³-hybridized carbons (Fsp3) is 0. The van der Waals surface area contributed by atoms with Gasteiger partial charge in [-0.2, -0.15) is 0 Å². The van der Waals surface area contributed by atoms with Gasteiger partial charge in [0.2, 0.25) is 0 Å². The standard InChI is InChI=1S/C13H9N3S/c1-2-4-12(13-16-5-6-17-13)11(3-1)10-7-14-9-15-8-10/h1-9H. The molecule has 0 N–H and O–H groups in total. The second-order valence-electron chi connectivity index (χ2n) is 3.51. The summed E-state index contributed by atoms with van der Waals surface area (Å²) in [6, 6.07) is 8.17. The predicted octanol–water partition coefficient (Wildman–Crippen LogP) is 3.27. The van der Waals surface area contributed by atoms with Crippen LogP contribution in [0.5, 0.6) is 0 Å². The number of rotatable bonds is 2. The molecular formula is C13H9N3S. The first-order valence-corrected chi connectivity index (χ1v) is 6.07. The van der Waals surface area contributed by atoms with Crippen molar-refractivity contribution < 1.29 is 0 Å². The molecule has 0 saturated carbocycles. The van der Waals surface area contributed by atoms with Gasteiger partial charge in [0, 0.05) is 35.1 Å². The summed E-state index contributed by atoms with van der Waals surface area (Å²) < 4.78 is 0. The highest BCUT2D eigenvalue weighted by molar-refractivity contribution is 7.13. The maximum Gasteiger partial charge on any atom is 0.123 e. The number of aromatic nitrogens is 3. The quantitative estimate of drug-likeness (QED) is 0.689. The molecule has 0 amide bonds. The zero-order chi connectivity index (χ0) is 11.5. The molecular weight excluding hydrogens is 230 g/mol. The van der Waals surface area contributed by atoms with Crippen molar-refractivity contribution in [1.82, 2.24) is 15.0 Å². The molecule has 17 heavy (non-hydrogen) atoms. The third kappa shape index (κ3) is 1.94. The summed E-state index contributed by atoms with van der Waals surface area (Å²) in [7, 11) is 0. The first-order chi connectivity index (χ1) is 8.45. The van der Waals surface area contributed by atoms with E-state index in [1.807, 2.05) is 36.1 Å². The molecule has 4 heteroatoms. The molecule has 0 bridgehead atoms. The van der Waals surface area contributed by atoms with Gasteiger partial charge in [0.05, 0.1) is 0 Å². The van der Waals surface area contributed by atoms with Gasteiger partial charge < -0.3 is 0 Å². The molecule has 2 heterocycles. The minimum atomic E-state index is 1.01. The largest absolute Gasteiger partial charge is 0.245 e. The van der Waals surface area contributed by atoms with Crippen molar-refractivity contribution in [3.05, 3.63) is 54.6 Å². The first kappa shape index (κ1) is 10.1. The third-order valence-corrected chi connectivity index (χ3v) is 3.27. The van der Waals surface area contributed by atoms with Crippen LogP contribution in [0, 0.1) is 0 Å². The van der Waals surface area contributed by atoms with E-state index in [4.69, 9.17) is 0 Å². The van der Waals surface area contributed by atoms with E-state index in [-0.39, 0.29) is 0 Å². The van der Waals surface area contributed by atoms with E-state index in [0.717, 1.165) is 21.7 Å². The first-order valence-electron chi connectivity index (χ1n) is 5.19. The summed E-state index contributed by atoms with van der Waals surface area (Å²) in [6.07, 6.45) is 6.99. The third-order valence-electron chi connectivity index (χ3n) is 2.46. The van der Waals surface area contributed by atoms with Gasteiger partial charge in [0.15, 0.2) is 0 Å². The Hall–Kier alpha value is -2.07. The number of nitrogens with zero attached hydrogens (tertiary/aromatic N) is 3. The normalized spacial score (nSPS) is 10.4. The van der Waals surface area contributed by atoms with E-state index in [1.54, 1.807) is 11.3 Å². The van der Waals surface area contributed by atoms with Gasteiger partial charge in [-0.3, -0.25) is 0 Å². The number of thiazole rings is 1. The molecule has 0 aliphatic rings. The molecule has 0 fully saturated rings. The molecule has 3 rings (SSSR count). The zero-order valence-corrected chi connectivity index (χ0v) is 9.76. The van der Waals surface area contributed by atoms with E-state index in [9.17, 15) is 0 Å². The Balaban J connectivity index is 2.18. The van der Waals surface area contributed by atoms with E-state index in [0.29, 0.717) is 0 Å². The van der Waals surface area contributed by atoms with Crippen molar-refractivity contribution in [3.8, 4) is 21.7 Å². The van der Waals surface area contributed by atoms with Crippen LogP contribution in [0.25, 0.3) is 21.7 Å². The Labute approximate surface area is 103 Å². The number of hydrogen-bond acceptors (Lipinski definition) is 4. The second kappa shape index (κ2) is 4.43. The molecule has 3 nitrogen and oxygen atoms in total. The van der Waals surface area contributed by atoms with E-state index >= 15 is 0 Å². The zero-order valence-electron chi connectivity index (χ0n) is 8.95. The lowest BCUT2D eigenvalue weighted by molar-refractivity contribution is 1.17. The van der Waals surface area contributed by atoms with Crippen molar-refractivity contribution in [2.75, 3.05) is 0 Å². The molecule has 0 saturated heterocycles. The van der Waals surface area contributed by atoms with Gasteiger partial charge in [0.25, 0.3) is 0 Å². The summed E-state index contributed by atoms with van der Waals surface area (Å²) in [5, 5.41) is 3.00. The number of hydrogen-bond donors (Lipinski definition) is 0. The smallest absolute Gasteiger partial charge is 0.123 e. The molecule has 0 atom stereocenters. The lowest BCUT2D eigenvalue weighted by Gasteiger charge is -2.05. The average molecular weight is 239 g/mol. The van der Waals surface area contributed by atoms with Crippen molar-refractivity contribution >= 4 is 11.3 Å². The Bertz CT molecular complexity index is 606. The maximum atomic E-state index is 4.35. The van der Waals surface area contributed by atoms with Gasteiger partial charge in [0.1, 0.15) is 11.3 Å². The number of benzene rings is 1. The highest BCUT2D eigenvalue weighted by Gasteiger charge is 2.08. The summed E-state index contributed by atoms with van der Waals surface area (Å²) in [4.78, 5) is 12.5. The van der Waals surface area contributed by atoms with E-state index in [1.165, 1.54) is 6.33 Å². The fourth-order valence-electron chi connectivity index (χ4n) is 1.72. The molecule has 0 radical (unpaired) electrons. The van der Waals surface area contributed by atoms with Crippen molar-refractivity contribution in [3.63, 3.8) is 0 Å². The van der Waals surface area contributed by atoms with Crippen LogP contribution in [-0.2, 0) is 0 Å². The van der Waals surface area contributed by atoms with Crippen LogP contribution in [0.1, 0.15) is 0 Å². The van der Waals surface area contributed by atoms with Crippen LogP contribution in [0.4, 0.5) is 0 Å². The van der Waals surface area contributed by atoms with E-state index in [2.05, 4.69) is 27.1 Å². The molecule has 0 aliphatic heterocycles. The predicted molar refractivity (Wildman–Crippen MR) is 68.6 cm³/mol. The topological polar surface area (TPSA) is 38.7 Å². The van der Waals surface area contributed by atoms with Crippen LogP contribution < -0.4 is 0 Å². The molecule has 2 aromatic heterocycles. The molecule has 1 aromatic carbocycles. The lowest BCUT2D eigenvalue weighted by atomic mass is 10.0. The van der Waals surface area contributed by atoms with Crippen LogP contribution in [0.15, 0.2) is 54.6 Å². The summed E-state index contributed by atoms with van der Waals surface area (Å²) in [6.45, 7) is 0. The second-order valence-corrected chi connectivity index (χ2v) is 4.40. The Morgan fingerprint density at radius 1 is 0.941 bits per heavy atom. The average Bonchev–Trinajstić information content (AvgIpc) is 2.94. The molecule has 82 valence electrons. The molecule has 0 unspecified atom stereocenters. The highest BCUT2D eigenvalue weighted by Crippen LogP contribution is 2.32. The molecule has 0 aliphatic carbocycles. The maximum absolute atomic E-state index is 4.35. The summed E-state index contributed by atoms with van der Waals surface area (Å²) in [5.41, 5.74) is 3.25. The highest BCUT2D eigenvalue weighted by atomic mass is 32.1. The van der Waals surface area contributed by atoms with Crippen molar-refractivity contribution in [1.29, 1.82) is 0 Å². The summed E-state index contributed by atoms with van der Waals surface area (Å²) in [5.74, 6) is 0. The monoisotopic (exact) mass is 239 g/mol. The minimum absolute atomic E-state index is 1.01. The van der Waals surface area contributed by atoms with Crippen molar-refractivity contribution in [2.45, 2.75) is 0 Å². The Kier molecular flexibility index (Phi) is 2.63. The van der Waals surface area contributed by atoms with Gasteiger partial charge in [-0.05, 0) is 5.56 Å². The Morgan fingerprint density at radius 3 is 2.41 bits per heavy atom. The lowest BCUT2D eigenvalue weighted by Crippen LogP contribution is -1.86. The van der Waals surface area contributed by atoms with Gasteiger partial charge >= 0.3 is 0 Å². The SMILES string of the molecule is c1ccc(-c2nccs2)c(-c2cncnc2)c1. The minimum Gasteiger partial charge on any atom is -0.245 e. The summed E-state index contributed by atoms with van der Waals surface area (Å²) >= 11 is 1.63. The van der Waals surface area contributed by atoms with E-state index < -0.39 is 0 Å². The molecule has 3 aromatic rings. The van der Waals surface area contributed by atoms with Gasteiger partial charge in [-0.15, -0.1) is 11.3 Å². The van der Waals surface area contributed by atoms with Crippen LogP contribution >= 0.6 is 11.3 Å². The van der Waals surface area contributed by atoms with Crippen molar-refractivity contribution in [2.24, 2.45) is 0 Å². The van der Waals surface area contributed by atoms with Gasteiger partial charge in [-0.1, -0.05) is 24.3 Å². The van der Waals surface area contributed by atoms with Crippen LogP contribution in [0.2, 0.25) is 0 Å². The van der Waals surface area contributed by atoms with Crippen LogP contribution in [0.3, 0.4) is 0 Å².